The first-order valence-corrected chi connectivity index (χ1v) is 9.40. The molecule has 1 heterocycles. The molecule has 6 nitrogen and oxygen atoms in total. The normalized spacial score (nSPS) is 14.0. The van der Waals surface area contributed by atoms with Gasteiger partial charge in [-0.15, -0.1) is 0 Å². The molecule has 0 saturated heterocycles. The molecule has 0 spiro atoms. The Balaban J connectivity index is 1.93. The van der Waals surface area contributed by atoms with Gasteiger partial charge in [0.1, 0.15) is 17.3 Å². The number of carbonyl (C=O) groups excluding carboxylic acids is 2. The van der Waals surface area contributed by atoms with Crippen LogP contribution < -0.4 is 10.1 Å². The summed E-state index contributed by atoms with van der Waals surface area (Å²) < 4.78 is 23.8. The molecule has 2 aromatic rings. The number of amides is 2. The molecule has 29 heavy (non-hydrogen) atoms. The van der Waals surface area contributed by atoms with Crippen LogP contribution >= 0.6 is 0 Å². The van der Waals surface area contributed by atoms with E-state index in [9.17, 15) is 14.0 Å². The number of hydrogen-bond donors (Lipinski definition) is 1. The molecule has 2 amide bonds. The lowest BCUT2D eigenvalue weighted by atomic mass is 10.0. The van der Waals surface area contributed by atoms with E-state index in [0.29, 0.717) is 36.6 Å². The molecule has 152 valence electrons. The Morgan fingerprint density at radius 1 is 1.00 bits per heavy atom. The third kappa shape index (κ3) is 4.63. The van der Waals surface area contributed by atoms with Gasteiger partial charge in [0.25, 0.3) is 11.8 Å². The second-order valence-electron chi connectivity index (χ2n) is 6.45. The van der Waals surface area contributed by atoms with Gasteiger partial charge in [0.15, 0.2) is 0 Å². The molecular weight excluding hydrogens is 375 g/mol. The van der Waals surface area contributed by atoms with Crippen molar-refractivity contribution in [2.75, 3.05) is 32.2 Å². The number of carbonyl (C=O) groups is 2. The fraction of sp³-hybridized carbons (Fsp3) is 0.273. The number of imide groups is 1. The lowest BCUT2D eigenvalue weighted by Gasteiger charge is -2.15. The summed E-state index contributed by atoms with van der Waals surface area (Å²) >= 11 is 0. The summed E-state index contributed by atoms with van der Waals surface area (Å²) in [5.41, 5.74) is 1.51. The van der Waals surface area contributed by atoms with Crippen LogP contribution in [0.15, 0.2) is 54.2 Å². The fourth-order valence-electron chi connectivity index (χ4n) is 3.09. The van der Waals surface area contributed by atoms with Crippen LogP contribution in [0.4, 0.5) is 10.1 Å². The minimum Gasteiger partial charge on any atom is -0.494 e. The first kappa shape index (κ1) is 20.5. The number of benzene rings is 2. The summed E-state index contributed by atoms with van der Waals surface area (Å²) in [6.45, 7) is 3.12. The third-order valence-corrected chi connectivity index (χ3v) is 4.47. The number of halogens is 1. The lowest BCUT2D eigenvalue weighted by Crippen LogP contribution is -2.33. The predicted octanol–water partition coefficient (Wildman–Crippen LogP) is 3.45. The Morgan fingerprint density at radius 2 is 1.69 bits per heavy atom. The number of hydrogen-bond acceptors (Lipinski definition) is 5. The fourth-order valence-corrected chi connectivity index (χ4v) is 3.09. The highest BCUT2D eigenvalue weighted by Crippen LogP contribution is 2.31. The van der Waals surface area contributed by atoms with Gasteiger partial charge < -0.3 is 14.8 Å². The van der Waals surface area contributed by atoms with Crippen molar-refractivity contribution in [3.8, 4) is 5.75 Å². The summed E-state index contributed by atoms with van der Waals surface area (Å²) in [6.07, 6.45) is 0.529. The van der Waals surface area contributed by atoms with E-state index in [4.69, 9.17) is 9.47 Å². The molecule has 0 aliphatic carbocycles. The lowest BCUT2D eigenvalue weighted by molar-refractivity contribution is -0.136. The van der Waals surface area contributed by atoms with E-state index in [0.717, 1.165) is 0 Å². The van der Waals surface area contributed by atoms with E-state index in [2.05, 4.69) is 5.32 Å². The molecule has 0 aromatic heterocycles. The van der Waals surface area contributed by atoms with Gasteiger partial charge >= 0.3 is 0 Å². The maximum atomic E-state index is 13.4. The van der Waals surface area contributed by atoms with Gasteiger partial charge in [0.2, 0.25) is 0 Å². The van der Waals surface area contributed by atoms with E-state index < -0.39 is 17.6 Å². The van der Waals surface area contributed by atoms with Crippen molar-refractivity contribution in [3.63, 3.8) is 0 Å². The Morgan fingerprint density at radius 3 is 2.31 bits per heavy atom. The van der Waals surface area contributed by atoms with Crippen molar-refractivity contribution < 1.29 is 23.5 Å². The molecule has 7 heteroatoms. The van der Waals surface area contributed by atoms with Crippen molar-refractivity contribution in [2.24, 2.45) is 0 Å². The van der Waals surface area contributed by atoms with Crippen LogP contribution in [0.1, 0.15) is 18.9 Å². The van der Waals surface area contributed by atoms with Crippen molar-refractivity contribution in [2.45, 2.75) is 13.3 Å². The molecule has 0 bridgehead atoms. The Bertz CT molecular complexity index is 907. The van der Waals surface area contributed by atoms with E-state index in [1.807, 2.05) is 6.92 Å². The molecule has 1 aliphatic rings. The largest absolute Gasteiger partial charge is 0.494 e. The molecule has 3 rings (SSSR count). The van der Waals surface area contributed by atoms with Crippen LogP contribution in [0.5, 0.6) is 5.75 Å². The summed E-state index contributed by atoms with van der Waals surface area (Å²) in [4.78, 5) is 27.2. The molecule has 0 fully saturated rings. The number of rotatable bonds is 9. The molecular formula is C22H23FN2O4. The van der Waals surface area contributed by atoms with E-state index in [-0.39, 0.29) is 17.8 Å². The molecule has 2 aromatic carbocycles. The summed E-state index contributed by atoms with van der Waals surface area (Å²) in [6, 6.07) is 12.6. The smallest absolute Gasteiger partial charge is 0.278 e. The molecule has 0 radical (unpaired) electrons. The summed E-state index contributed by atoms with van der Waals surface area (Å²) in [7, 11) is 1.56. The van der Waals surface area contributed by atoms with Crippen LogP contribution in [0, 0.1) is 5.82 Å². The summed E-state index contributed by atoms with van der Waals surface area (Å²) in [5.74, 6) is -0.532. The van der Waals surface area contributed by atoms with Crippen LogP contribution in [-0.2, 0) is 14.3 Å². The van der Waals surface area contributed by atoms with Crippen molar-refractivity contribution in [1.82, 2.24) is 4.90 Å². The zero-order valence-electron chi connectivity index (χ0n) is 16.4. The van der Waals surface area contributed by atoms with E-state index >= 15 is 0 Å². The molecule has 1 aliphatic heterocycles. The van der Waals surface area contributed by atoms with Crippen LogP contribution in [0.2, 0.25) is 0 Å². The molecule has 1 N–H and O–H groups in total. The topological polar surface area (TPSA) is 67.9 Å². The highest BCUT2D eigenvalue weighted by atomic mass is 19.1. The minimum absolute atomic E-state index is 0.170. The zero-order valence-corrected chi connectivity index (χ0v) is 16.4. The van der Waals surface area contributed by atoms with Crippen LogP contribution in [0.3, 0.4) is 0 Å². The van der Waals surface area contributed by atoms with Gasteiger partial charge in [0.05, 0.1) is 12.2 Å². The van der Waals surface area contributed by atoms with Gasteiger partial charge in [0, 0.05) is 25.9 Å². The van der Waals surface area contributed by atoms with Crippen LogP contribution in [-0.4, -0.2) is 43.6 Å². The van der Waals surface area contributed by atoms with Gasteiger partial charge in [-0.1, -0.05) is 12.1 Å². The van der Waals surface area contributed by atoms with Crippen molar-refractivity contribution >= 4 is 23.1 Å². The SMILES string of the molecule is CCOc1ccc(NC2=C(c3ccc(F)cc3)C(=O)N(CCCOC)C2=O)cc1. The van der Waals surface area contributed by atoms with Gasteiger partial charge in [-0.25, -0.2) is 4.39 Å². The standard InChI is InChI=1S/C22H23FN2O4/c1-3-29-18-11-9-17(10-12-18)24-20-19(15-5-7-16(23)8-6-15)21(26)25(22(20)27)13-4-14-28-2/h5-12,24H,3-4,13-14H2,1-2H3. The third-order valence-electron chi connectivity index (χ3n) is 4.47. The molecule has 0 saturated carbocycles. The zero-order chi connectivity index (χ0) is 20.8. The number of anilines is 1. The minimum atomic E-state index is -0.417. The number of ether oxygens (including phenoxy) is 2. The summed E-state index contributed by atoms with van der Waals surface area (Å²) in [5, 5.41) is 3.06. The monoisotopic (exact) mass is 398 g/mol. The Kier molecular flexibility index (Phi) is 6.61. The second-order valence-corrected chi connectivity index (χ2v) is 6.45. The van der Waals surface area contributed by atoms with Crippen LogP contribution in [0.25, 0.3) is 5.57 Å². The van der Waals surface area contributed by atoms with E-state index in [1.165, 1.54) is 29.2 Å². The number of nitrogens with zero attached hydrogens (tertiary/aromatic N) is 1. The molecule has 0 unspecified atom stereocenters. The average molecular weight is 398 g/mol. The van der Waals surface area contributed by atoms with Crippen molar-refractivity contribution in [1.29, 1.82) is 0 Å². The Hall–Kier alpha value is -3.19. The maximum Gasteiger partial charge on any atom is 0.278 e. The van der Waals surface area contributed by atoms with Gasteiger partial charge in [-0.05, 0) is 55.3 Å². The quantitative estimate of drug-likeness (QED) is 0.518. The van der Waals surface area contributed by atoms with Gasteiger partial charge in [-0.2, -0.15) is 0 Å². The van der Waals surface area contributed by atoms with Crippen molar-refractivity contribution in [3.05, 3.63) is 65.6 Å². The van der Waals surface area contributed by atoms with Gasteiger partial charge in [-0.3, -0.25) is 14.5 Å². The first-order chi connectivity index (χ1) is 14.0. The Labute approximate surface area is 168 Å². The maximum absolute atomic E-state index is 13.4. The number of nitrogens with one attached hydrogen (secondary N) is 1. The molecule has 0 atom stereocenters. The number of methoxy groups -OCH3 is 1. The van der Waals surface area contributed by atoms with E-state index in [1.54, 1.807) is 31.4 Å². The highest BCUT2D eigenvalue weighted by Gasteiger charge is 2.38. The second kappa shape index (κ2) is 9.34. The average Bonchev–Trinajstić information content (AvgIpc) is 2.95. The highest BCUT2D eigenvalue weighted by molar-refractivity contribution is 6.36. The first-order valence-electron chi connectivity index (χ1n) is 9.40. The predicted molar refractivity (Wildman–Crippen MR) is 108 cm³/mol.